The molecule has 0 saturated carbocycles. The lowest BCUT2D eigenvalue weighted by Crippen LogP contribution is -2.56. The Morgan fingerprint density at radius 2 is 1.73 bits per heavy atom. The molecule has 41 heavy (non-hydrogen) atoms. The van der Waals surface area contributed by atoms with Crippen molar-refractivity contribution in [2.75, 3.05) is 5.75 Å². The van der Waals surface area contributed by atoms with Crippen LogP contribution in [0.15, 0.2) is 48.5 Å². The van der Waals surface area contributed by atoms with Crippen LogP contribution >= 0.6 is 12.6 Å². The van der Waals surface area contributed by atoms with Crippen LogP contribution in [0.3, 0.4) is 0 Å². The molecule has 218 valence electrons. The number of benzene rings is 2. The van der Waals surface area contributed by atoms with E-state index in [-0.39, 0.29) is 24.2 Å². The van der Waals surface area contributed by atoms with Crippen LogP contribution in [0.5, 0.6) is 11.5 Å². The number of amides is 4. The van der Waals surface area contributed by atoms with Crippen molar-refractivity contribution in [2.45, 2.75) is 50.4 Å². The molecule has 2 aromatic carbocycles. The fourth-order valence-electron chi connectivity index (χ4n) is 4.07. The van der Waals surface area contributed by atoms with Crippen molar-refractivity contribution >= 4 is 48.2 Å². The highest BCUT2D eigenvalue weighted by atomic mass is 32.1. The minimum atomic E-state index is -1.46. The molecule has 0 fully saturated rings. The molecule has 2 aliphatic heterocycles. The second kappa shape index (κ2) is 14.2. The number of fused-ring (bicyclic) bond motifs is 9. The first-order valence-corrected chi connectivity index (χ1v) is 13.2. The third-order valence-corrected chi connectivity index (χ3v) is 6.48. The van der Waals surface area contributed by atoms with Crippen LogP contribution in [0.4, 0.5) is 0 Å². The van der Waals surface area contributed by atoms with Gasteiger partial charge in [0.2, 0.25) is 23.6 Å². The third-order valence-electron chi connectivity index (χ3n) is 6.11. The minimum absolute atomic E-state index is 0.0553. The van der Waals surface area contributed by atoms with Gasteiger partial charge in [-0.05, 0) is 41.8 Å². The number of hydrogen-bond donors (Lipinski definition) is 7. The van der Waals surface area contributed by atoms with Gasteiger partial charge in [0, 0.05) is 25.5 Å². The van der Waals surface area contributed by atoms with Crippen LogP contribution in [-0.4, -0.2) is 69.7 Å². The Balaban J connectivity index is 2.07. The van der Waals surface area contributed by atoms with E-state index in [0.717, 1.165) is 0 Å². The highest BCUT2D eigenvalue weighted by molar-refractivity contribution is 7.80. The normalized spacial score (nSPS) is 19.6. The predicted octanol–water partition coefficient (Wildman–Crippen LogP) is 0.546. The van der Waals surface area contributed by atoms with E-state index < -0.39 is 66.2 Å². The Hall–Kier alpha value is -4.59. The first-order valence-electron chi connectivity index (χ1n) is 12.6. The number of carboxylic acids is 2. The Labute approximate surface area is 240 Å². The van der Waals surface area contributed by atoms with E-state index in [1.165, 1.54) is 19.1 Å². The number of ether oxygens (including phenoxy) is 1. The molecule has 2 aliphatic rings. The van der Waals surface area contributed by atoms with E-state index in [1.54, 1.807) is 36.4 Å². The molecule has 4 rings (SSSR count). The second-order valence-electron chi connectivity index (χ2n) is 9.29. The maximum atomic E-state index is 13.4. The molecule has 4 bridgehead atoms. The Kier molecular flexibility index (Phi) is 10.7. The molecular weight excluding hydrogens is 556 g/mol. The number of carbonyl (C=O) groups is 6. The molecule has 0 spiro atoms. The van der Waals surface area contributed by atoms with E-state index in [9.17, 15) is 39.0 Å². The van der Waals surface area contributed by atoms with Crippen molar-refractivity contribution in [1.82, 2.24) is 21.3 Å². The van der Waals surface area contributed by atoms with Crippen molar-refractivity contribution < 1.29 is 43.7 Å². The molecule has 14 heteroatoms. The summed E-state index contributed by atoms with van der Waals surface area (Å²) in [5.41, 5.74) is 0.896. The summed E-state index contributed by atoms with van der Waals surface area (Å²) in [6.45, 7) is 1.23. The molecule has 0 aromatic heterocycles. The monoisotopic (exact) mass is 586 g/mol. The lowest BCUT2D eigenvalue weighted by Gasteiger charge is -2.26. The summed E-state index contributed by atoms with van der Waals surface area (Å²) in [6, 6.07) is 7.53. The summed E-state index contributed by atoms with van der Waals surface area (Å²) >= 11 is 3.96. The van der Waals surface area contributed by atoms with Crippen LogP contribution < -0.4 is 26.0 Å². The number of hydrogen-bond acceptors (Lipinski definition) is 8. The van der Waals surface area contributed by atoms with E-state index >= 15 is 0 Å². The van der Waals surface area contributed by atoms with Gasteiger partial charge in [0.1, 0.15) is 35.7 Å². The van der Waals surface area contributed by atoms with Crippen molar-refractivity contribution in [2.24, 2.45) is 0 Å². The fraction of sp³-hybridized carbons (Fsp3) is 0.333. The van der Waals surface area contributed by atoms with Crippen LogP contribution in [0.25, 0.3) is 0 Å². The van der Waals surface area contributed by atoms with Crippen molar-refractivity contribution in [3.05, 3.63) is 59.7 Å². The van der Waals surface area contributed by atoms with Crippen LogP contribution in [-0.2, 0) is 35.2 Å². The number of thiol groups is 1. The third kappa shape index (κ3) is 8.96. The average molecular weight is 587 g/mol. The average Bonchev–Trinajstić information content (AvgIpc) is 2.92. The first kappa shape index (κ1) is 30.9. The first-order chi connectivity index (χ1) is 19.5. The number of nitrogens with one attached hydrogen (secondary N) is 4. The maximum absolute atomic E-state index is 13.4. The van der Waals surface area contributed by atoms with E-state index in [4.69, 9.17) is 4.74 Å². The van der Waals surface area contributed by atoms with Gasteiger partial charge in [-0.15, -0.1) is 0 Å². The molecule has 4 amide bonds. The van der Waals surface area contributed by atoms with Gasteiger partial charge in [-0.2, -0.15) is 12.6 Å². The van der Waals surface area contributed by atoms with Gasteiger partial charge in [0.15, 0.2) is 0 Å². The second-order valence-corrected chi connectivity index (χ2v) is 9.66. The smallest absolute Gasteiger partial charge is 0.327 e. The van der Waals surface area contributed by atoms with Gasteiger partial charge < -0.3 is 36.2 Å². The lowest BCUT2D eigenvalue weighted by atomic mass is 10.0. The molecule has 2 aromatic rings. The summed E-state index contributed by atoms with van der Waals surface area (Å²) in [5, 5.41) is 28.5. The SMILES string of the molecule is CC(=O)N[C@H]1Cc2ccc(cc2)Oc2cccc(c2)[C@@H](C(=O)N[C@@H](CS)C(=O)O)NC(=O)[C@H](CCC(=O)O)NC1=O. The molecule has 0 saturated heterocycles. The van der Waals surface area contributed by atoms with Crippen LogP contribution in [0.2, 0.25) is 0 Å². The van der Waals surface area contributed by atoms with Gasteiger partial charge in [-0.25, -0.2) is 4.79 Å². The van der Waals surface area contributed by atoms with Gasteiger partial charge in [0.25, 0.3) is 0 Å². The molecule has 6 N–H and O–H groups in total. The quantitative estimate of drug-likeness (QED) is 0.216. The Morgan fingerprint density at radius 3 is 2.34 bits per heavy atom. The molecule has 0 radical (unpaired) electrons. The maximum Gasteiger partial charge on any atom is 0.327 e. The van der Waals surface area contributed by atoms with Crippen molar-refractivity contribution in [1.29, 1.82) is 0 Å². The topological polar surface area (TPSA) is 200 Å². The zero-order valence-electron chi connectivity index (χ0n) is 22.0. The molecule has 13 nitrogen and oxygen atoms in total. The Morgan fingerprint density at radius 1 is 1.02 bits per heavy atom. The van der Waals surface area contributed by atoms with Crippen molar-refractivity contribution in [3.63, 3.8) is 0 Å². The Bertz CT molecular complexity index is 1320. The van der Waals surface area contributed by atoms with Crippen molar-refractivity contribution in [3.8, 4) is 11.5 Å². The summed E-state index contributed by atoms with van der Waals surface area (Å²) in [4.78, 5) is 74.6. The van der Waals surface area contributed by atoms with E-state index in [0.29, 0.717) is 17.1 Å². The molecule has 2 heterocycles. The summed E-state index contributed by atoms with van der Waals surface area (Å²) < 4.78 is 5.90. The summed E-state index contributed by atoms with van der Waals surface area (Å²) in [5.74, 6) is -5.10. The standard InChI is InChI=1S/C27H30N4O9S/c1-14(32)28-20-11-15-5-7-17(8-6-15)40-18-4-2-3-16(12-18)23(26(37)30-21(13-41)27(38)39)31-24(35)19(29-25(20)36)9-10-22(33)34/h2-8,12,19-21,23,41H,9-11,13H2,1H3,(H,28,32)(H,29,36)(H,30,37)(H,31,35)(H,33,34)(H,38,39)/t19-,20-,21-,23-/m0/s1. The number of rotatable bonds is 8. The van der Waals surface area contributed by atoms with E-state index in [2.05, 4.69) is 33.9 Å². The molecule has 0 aliphatic carbocycles. The van der Waals surface area contributed by atoms with Gasteiger partial charge in [-0.3, -0.25) is 24.0 Å². The summed E-state index contributed by atoms with van der Waals surface area (Å²) in [6.07, 6.45) is -0.772. The minimum Gasteiger partial charge on any atom is -0.481 e. The molecule has 0 unspecified atom stereocenters. The molecule has 4 atom stereocenters. The largest absolute Gasteiger partial charge is 0.481 e. The highest BCUT2D eigenvalue weighted by Gasteiger charge is 2.32. The number of aliphatic carboxylic acids is 2. The van der Waals surface area contributed by atoms with Crippen LogP contribution in [0.1, 0.15) is 36.9 Å². The summed E-state index contributed by atoms with van der Waals surface area (Å²) in [7, 11) is 0. The number of carboxylic acid groups (broad SMARTS) is 2. The number of carbonyl (C=O) groups excluding carboxylic acids is 4. The highest BCUT2D eigenvalue weighted by Crippen LogP contribution is 2.26. The zero-order chi connectivity index (χ0) is 30.1. The fourth-order valence-corrected chi connectivity index (χ4v) is 4.32. The van der Waals surface area contributed by atoms with Gasteiger partial charge in [-0.1, -0.05) is 24.3 Å². The predicted molar refractivity (Wildman–Crippen MR) is 147 cm³/mol. The van der Waals surface area contributed by atoms with E-state index in [1.807, 2.05) is 0 Å². The van der Waals surface area contributed by atoms with Gasteiger partial charge in [0.05, 0.1) is 0 Å². The molecular formula is C27H30N4O9S. The van der Waals surface area contributed by atoms with Crippen LogP contribution in [0, 0.1) is 0 Å². The zero-order valence-corrected chi connectivity index (χ0v) is 22.9. The lowest BCUT2D eigenvalue weighted by molar-refractivity contribution is -0.141. The van der Waals surface area contributed by atoms with Gasteiger partial charge >= 0.3 is 11.9 Å².